The number of thiophene rings is 1. The minimum absolute atomic E-state index is 0.00589. The normalized spacial score (nSPS) is 18.8. The maximum Gasteiger partial charge on any atom is 0.416 e. The van der Waals surface area contributed by atoms with Gasteiger partial charge in [-0.25, -0.2) is 8.42 Å². The summed E-state index contributed by atoms with van der Waals surface area (Å²) in [5.41, 5.74) is -0.514. The van der Waals surface area contributed by atoms with Crippen LogP contribution in [0.5, 0.6) is 0 Å². The molecule has 1 N–H and O–H groups in total. The van der Waals surface area contributed by atoms with Crippen molar-refractivity contribution in [2.24, 2.45) is 5.92 Å². The zero-order chi connectivity index (χ0) is 19.8. The van der Waals surface area contributed by atoms with E-state index in [9.17, 15) is 21.6 Å². The molecule has 0 aliphatic carbocycles. The van der Waals surface area contributed by atoms with Gasteiger partial charge in [0.2, 0.25) is 0 Å². The minimum Gasteiger partial charge on any atom is -0.306 e. The highest BCUT2D eigenvalue weighted by atomic mass is 35.5. The summed E-state index contributed by atoms with van der Waals surface area (Å²) in [5, 5.41) is 0. The average Bonchev–Trinajstić information content (AvgIpc) is 3.15. The maximum atomic E-state index is 13.4. The molecule has 0 radical (unpaired) electrons. The van der Waals surface area contributed by atoms with Crippen molar-refractivity contribution in [3.8, 4) is 0 Å². The molecule has 0 unspecified atom stereocenters. The van der Waals surface area contributed by atoms with Gasteiger partial charge in [-0.15, -0.1) is 11.3 Å². The topological polar surface area (TPSA) is 49.4 Å². The lowest BCUT2D eigenvalue weighted by atomic mass is 9.94. The van der Waals surface area contributed by atoms with Crippen molar-refractivity contribution in [2.45, 2.75) is 23.2 Å². The predicted molar refractivity (Wildman–Crippen MR) is 101 cm³/mol. The van der Waals surface area contributed by atoms with Gasteiger partial charge in [-0.2, -0.15) is 13.2 Å². The third-order valence-corrected chi connectivity index (χ3v) is 7.58. The van der Waals surface area contributed by atoms with E-state index in [1.807, 2.05) is 7.05 Å². The van der Waals surface area contributed by atoms with Crippen LogP contribution in [0.4, 0.5) is 18.9 Å². The number of alkyl halides is 3. The van der Waals surface area contributed by atoms with E-state index in [0.717, 1.165) is 43.0 Å². The quantitative estimate of drug-likeness (QED) is 0.735. The molecule has 4 nitrogen and oxygen atoms in total. The maximum absolute atomic E-state index is 13.4. The Morgan fingerprint density at radius 2 is 2.04 bits per heavy atom. The van der Waals surface area contributed by atoms with E-state index in [0.29, 0.717) is 4.34 Å². The fourth-order valence-corrected chi connectivity index (χ4v) is 5.79. The van der Waals surface area contributed by atoms with Crippen molar-refractivity contribution in [1.29, 1.82) is 0 Å². The Bertz CT molecular complexity index is 929. The van der Waals surface area contributed by atoms with Gasteiger partial charge in [0.1, 0.15) is 4.21 Å². The molecule has 1 aliphatic heterocycles. The number of hydrogen-bond acceptors (Lipinski definition) is 4. The van der Waals surface area contributed by atoms with Crippen molar-refractivity contribution in [2.75, 3.05) is 24.9 Å². The third-order valence-electron chi connectivity index (χ3n) is 4.47. The van der Waals surface area contributed by atoms with Gasteiger partial charge in [-0.3, -0.25) is 4.72 Å². The summed E-state index contributed by atoms with van der Waals surface area (Å²) in [4.78, 5) is 2.07. The summed E-state index contributed by atoms with van der Waals surface area (Å²) in [6.45, 7) is 1.57. The first-order valence-electron chi connectivity index (χ1n) is 8.21. The van der Waals surface area contributed by atoms with Crippen molar-refractivity contribution < 1.29 is 21.6 Å². The Morgan fingerprint density at radius 1 is 1.30 bits per heavy atom. The fourth-order valence-electron chi connectivity index (χ4n) is 3.25. The van der Waals surface area contributed by atoms with Crippen molar-refractivity contribution >= 4 is 38.6 Å². The van der Waals surface area contributed by atoms with Crippen molar-refractivity contribution in [3.05, 3.63) is 45.8 Å². The highest BCUT2D eigenvalue weighted by Gasteiger charge is 2.34. The summed E-state index contributed by atoms with van der Waals surface area (Å²) in [6.07, 6.45) is -3.42. The summed E-state index contributed by atoms with van der Waals surface area (Å²) in [7, 11) is -1.97. The standard InChI is InChI=1S/C17H18ClF3N2O2S2/c1-23-7-6-11(10-23)8-12-9-13(2-3-14(12)17(19,20)21)22-27(24,25)16-5-4-15(18)26-16/h2-5,9,11,22H,6-8,10H2,1H3/t11-/m0/s1. The number of nitrogens with zero attached hydrogens (tertiary/aromatic N) is 1. The molecule has 1 fully saturated rings. The second-order valence-electron chi connectivity index (χ2n) is 6.65. The summed E-state index contributed by atoms with van der Waals surface area (Å²) in [6, 6.07) is 6.17. The number of nitrogens with one attached hydrogen (secondary N) is 1. The number of anilines is 1. The molecule has 10 heteroatoms. The minimum atomic E-state index is -4.49. The van der Waals surface area contributed by atoms with Gasteiger partial charge in [0.25, 0.3) is 10.0 Å². The van der Waals surface area contributed by atoms with Crippen molar-refractivity contribution in [1.82, 2.24) is 4.90 Å². The smallest absolute Gasteiger partial charge is 0.306 e. The SMILES string of the molecule is CN1CC[C@@H](Cc2cc(NS(=O)(=O)c3ccc(Cl)s3)ccc2C(F)(F)F)C1. The molecule has 1 aliphatic rings. The van der Waals surface area contributed by atoms with Crippen molar-refractivity contribution in [3.63, 3.8) is 0 Å². The molecule has 2 heterocycles. The number of sulfonamides is 1. The monoisotopic (exact) mass is 438 g/mol. The molecule has 0 bridgehead atoms. The largest absolute Gasteiger partial charge is 0.416 e. The molecule has 27 heavy (non-hydrogen) atoms. The van der Waals surface area contributed by atoms with Crippen LogP contribution >= 0.6 is 22.9 Å². The summed E-state index contributed by atoms with van der Waals surface area (Å²) < 4.78 is 67.6. The number of benzene rings is 1. The number of rotatable bonds is 5. The zero-order valence-corrected chi connectivity index (χ0v) is 16.8. The van der Waals surface area contributed by atoms with Crippen LogP contribution < -0.4 is 4.72 Å². The summed E-state index contributed by atoms with van der Waals surface area (Å²) in [5.74, 6) is 0.110. The van der Waals surface area contributed by atoms with Crippen LogP contribution in [-0.2, 0) is 22.6 Å². The Morgan fingerprint density at radius 3 is 2.59 bits per heavy atom. The lowest BCUT2D eigenvalue weighted by molar-refractivity contribution is -0.138. The highest BCUT2D eigenvalue weighted by Crippen LogP contribution is 2.36. The Labute approximate surface area is 165 Å². The van der Waals surface area contributed by atoms with Gasteiger partial charge >= 0.3 is 6.18 Å². The van der Waals surface area contributed by atoms with Gasteiger partial charge in [0.05, 0.1) is 9.90 Å². The van der Waals surface area contributed by atoms with Crippen LogP contribution in [0.1, 0.15) is 17.5 Å². The fraction of sp³-hybridized carbons (Fsp3) is 0.412. The van der Waals surface area contributed by atoms with E-state index in [1.54, 1.807) is 0 Å². The Balaban J connectivity index is 1.89. The molecular weight excluding hydrogens is 421 g/mol. The molecule has 0 spiro atoms. The van der Waals surface area contributed by atoms with Gasteiger partial charge < -0.3 is 4.90 Å². The van der Waals surface area contributed by atoms with Gasteiger partial charge in [0, 0.05) is 12.2 Å². The lowest BCUT2D eigenvalue weighted by Crippen LogP contribution is -2.17. The second-order valence-corrected chi connectivity index (χ2v) is 10.3. The molecule has 1 atom stereocenters. The Kier molecular flexibility index (Phi) is 5.77. The zero-order valence-electron chi connectivity index (χ0n) is 14.4. The molecule has 0 amide bonds. The molecule has 3 rings (SSSR count). The number of likely N-dealkylation sites (tertiary alicyclic amines) is 1. The lowest BCUT2D eigenvalue weighted by Gasteiger charge is -2.18. The summed E-state index contributed by atoms with van der Waals surface area (Å²) >= 11 is 6.65. The molecule has 0 saturated carbocycles. The molecule has 2 aromatic rings. The third kappa shape index (κ3) is 4.96. The van der Waals surface area contributed by atoms with E-state index >= 15 is 0 Å². The predicted octanol–water partition coefficient (Wildman–Crippen LogP) is 4.72. The van der Waals surface area contributed by atoms with Crippen LogP contribution in [0.2, 0.25) is 4.34 Å². The van der Waals surface area contributed by atoms with Gasteiger partial charge in [0.15, 0.2) is 0 Å². The van der Waals surface area contributed by atoms with Crippen LogP contribution in [0, 0.1) is 5.92 Å². The first-order valence-corrected chi connectivity index (χ1v) is 10.9. The Hall–Kier alpha value is -1.29. The van der Waals surface area contributed by atoms with E-state index in [-0.39, 0.29) is 27.8 Å². The second kappa shape index (κ2) is 7.62. The van der Waals surface area contributed by atoms with Crippen LogP contribution in [-0.4, -0.2) is 33.5 Å². The van der Waals surface area contributed by atoms with E-state index in [1.165, 1.54) is 18.2 Å². The van der Waals surface area contributed by atoms with E-state index in [4.69, 9.17) is 11.6 Å². The van der Waals surface area contributed by atoms with Crippen LogP contribution in [0.15, 0.2) is 34.5 Å². The van der Waals surface area contributed by atoms with Gasteiger partial charge in [-0.1, -0.05) is 11.6 Å². The van der Waals surface area contributed by atoms with Crippen LogP contribution in [0.25, 0.3) is 0 Å². The number of hydrogen-bond donors (Lipinski definition) is 1. The molecule has 1 aromatic carbocycles. The average molecular weight is 439 g/mol. The van der Waals surface area contributed by atoms with Gasteiger partial charge in [-0.05, 0) is 68.2 Å². The molecule has 148 valence electrons. The highest BCUT2D eigenvalue weighted by molar-refractivity contribution is 7.94. The van der Waals surface area contributed by atoms with Crippen LogP contribution in [0.3, 0.4) is 0 Å². The van der Waals surface area contributed by atoms with E-state index < -0.39 is 21.8 Å². The molecular formula is C17H18ClF3N2O2S2. The molecule has 1 saturated heterocycles. The first kappa shape index (κ1) is 20.4. The molecule has 1 aromatic heterocycles. The first-order chi connectivity index (χ1) is 12.5. The van der Waals surface area contributed by atoms with E-state index in [2.05, 4.69) is 9.62 Å². The number of halogens is 4.